The normalized spacial score (nSPS) is 15.2. The van der Waals surface area contributed by atoms with Gasteiger partial charge in [0.2, 0.25) is 0 Å². The molecule has 1 aliphatic heterocycles. The van der Waals surface area contributed by atoms with Crippen molar-refractivity contribution in [3.05, 3.63) is 65.2 Å². The van der Waals surface area contributed by atoms with Crippen LogP contribution in [0, 0.1) is 0 Å². The van der Waals surface area contributed by atoms with Crippen molar-refractivity contribution in [2.45, 2.75) is 32.9 Å². The first kappa shape index (κ1) is 20.9. The quantitative estimate of drug-likeness (QED) is 0.816. The Morgan fingerprint density at radius 3 is 2.59 bits per heavy atom. The highest BCUT2D eigenvalue weighted by atomic mass is 16.5. The van der Waals surface area contributed by atoms with Crippen molar-refractivity contribution in [3.63, 3.8) is 0 Å². The molecule has 6 heteroatoms. The van der Waals surface area contributed by atoms with Crippen molar-refractivity contribution in [2.24, 2.45) is 5.73 Å². The molecule has 3 rings (SSSR count). The molecule has 1 saturated heterocycles. The zero-order valence-electron chi connectivity index (χ0n) is 17.1. The Kier molecular flexibility index (Phi) is 6.88. The van der Waals surface area contributed by atoms with Crippen LogP contribution >= 0.6 is 0 Å². The third-order valence-corrected chi connectivity index (χ3v) is 5.27. The zero-order valence-corrected chi connectivity index (χ0v) is 17.1. The van der Waals surface area contributed by atoms with E-state index >= 15 is 0 Å². The van der Waals surface area contributed by atoms with Crippen molar-refractivity contribution in [3.8, 4) is 5.75 Å². The van der Waals surface area contributed by atoms with Crippen molar-refractivity contribution in [1.29, 1.82) is 0 Å². The average Bonchev–Trinajstić information content (AvgIpc) is 2.98. The lowest BCUT2D eigenvalue weighted by atomic mass is 10.1. The molecule has 154 valence electrons. The van der Waals surface area contributed by atoms with Gasteiger partial charge in [-0.25, -0.2) is 0 Å². The first-order valence-corrected chi connectivity index (χ1v) is 10.1. The monoisotopic (exact) mass is 395 g/mol. The minimum atomic E-state index is -0.527. The predicted octanol–water partition coefficient (Wildman–Crippen LogP) is 2.92. The maximum atomic E-state index is 13.0. The fourth-order valence-electron chi connectivity index (χ4n) is 3.59. The Morgan fingerprint density at radius 2 is 1.83 bits per heavy atom. The Hall–Kier alpha value is -2.86. The molecule has 2 N–H and O–H groups in total. The number of hydrogen-bond donors (Lipinski definition) is 1. The summed E-state index contributed by atoms with van der Waals surface area (Å²) in [6.07, 6.45) is 0.983. The van der Waals surface area contributed by atoms with Crippen LogP contribution in [0.15, 0.2) is 48.5 Å². The molecule has 1 heterocycles. The van der Waals surface area contributed by atoms with Gasteiger partial charge >= 0.3 is 0 Å². The number of hydrogen-bond acceptors (Lipinski definition) is 4. The lowest BCUT2D eigenvalue weighted by Crippen LogP contribution is -2.37. The molecule has 0 bridgehead atoms. The van der Waals surface area contributed by atoms with E-state index in [2.05, 4.69) is 18.7 Å². The second-order valence-corrected chi connectivity index (χ2v) is 7.62. The van der Waals surface area contributed by atoms with Gasteiger partial charge in [0.05, 0.1) is 5.56 Å². The summed E-state index contributed by atoms with van der Waals surface area (Å²) in [5, 5.41) is 0. The number of rotatable bonds is 6. The Morgan fingerprint density at radius 1 is 1.03 bits per heavy atom. The van der Waals surface area contributed by atoms with Crippen LogP contribution in [0.2, 0.25) is 0 Å². The lowest BCUT2D eigenvalue weighted by Gasteiger charge is -2.25. The number of nitrogens with two attached hydrogens (primary N) is 1. The van der Waals surface area contributed by atoms with Crippen LogP contribution in [-0.4, -0.2) is 53.8 Å². The highest BCUT2D eigenvalue weighted by molar-refractivity contribution is 5.95. The highest BCUT2D eigenvalue weighted by Crippen LogP contribution is 2.19. The molecule has 0 aliphatic carbocycles. The third-order valence-electron chi connectivity index (χ3n) is 5.27. The van der Waals surface area contributed by atoms with E-state index < -0.39 is 5.91 Å². The summed E-state index contributed by atoms with van der Waals surface area (Å²) in [7, 11) is 0. The summed E-state index contributed by atoms with van der Waals surface area (Å²) in [6, 6.07) is 14.9. The number of para-hydroxylation sites is 1. The fraction of sp³-hybridized carbons (Fsp3) is 0.391. The van der Waals surface area contributed by atoms with E-state index in [4.69, 9.17) is 10.5 Å². The molecular weight excluding hydrogens is 366 g/mol. The molecule has 0 radical (unpaired) electrons. The molecule has 0 atom stereocenters. The summed E-state index contributed by atoms with van der Waals surface area (Å²) in [6.45, 7) is 8.07. The second kappa shape index (κ2) is 9.56. The summed E-state index contributed by atoms with van der Waals surface area (Å²) in [4.78, 5) is 28.9. The number of carbonyl (C=O) groups is 2. The number of primary amides is 1. The topological polar surface area (TPSA) is 75.9 Å². The second-order valence-electron chi connectivity index (χ2n) is 7.62. The van der Waals surface area contributed by atoms with Gasteiger partial charge in [-0.05, 0) is 50.1 Å². The number of nitrogens with zero attached hydrogens (tertiary/aromatic N) is 2. The van der Waals surface area contributed by atoms with Gasteiger partial charge in [0.1, 0.15) is 12.4 Å². The Balaban J connectivity index is 1.66. The number of carbonyl (C=O) groups excluding carboxylic acids is 2. The molecule has 0 aromatic heterocycles. The van der Waals surface area contributed by atoms with Crippen LogP contribution in [0.25, 0.3) is 0 Å². The van der Waals surface area contributed by atoms with E-state index in [0.29, 0.717) is 22.9 Å². The van der Waals surface area contributed by atoms with Crippen LogP contribution in [0.4, 0.5) is 0 Å². The molecule has 0 spiro atoms. The lowest BCUT2D eigenvalue weighted by molar-refractivity contribution is 0.0759. The largest absolute Gasteiger partial charge is 0.488 e. The average molecular weight is 396 g/mol. The Labute approximate surface area is 172 Å². The first-order valence-electron chi connectivity index (χ1n) is 10.1. The van der Waals surface area contributed by atoms with E-state index in [-0.39, 0.29) is 12.5 Å². The molecule has 29 heavy (non-hydrogen) atoms. The Bertz CT molecular complexity index is 866. The van der Waals surface area contributed by atoms with Crippen LogP contribution in [0.3, 0.4) is 0 Å². The summed E-state index contributed by atoms with van der Waals surface area (Å²) >= 11 is 0. The van der Waals surface area contributed by atoms with Crippen molar-refractivity contribution in [2.75, 3.05) is 26.2 Å². The molecule has 0 unspecified atom stereocenters. The molecule has 0 saturated carbocycles. The molecule has 1 fully saturated rings. The molecule has 6 nitrogen and oxygen atoms in total. The standard InChI is InChI=1S/C23H29N3O3/c1-17(2)25-11-6-12-26(14-13-25)23(28)19-8-5-7-18(15-19)16-29-21-10-4-3-9-20(21)22(24)27/h3-5,7-10,15,17H,6,11-14,16H2,1-2H3,(H2,24,27). The van der Waals surface area contributed by atoms with Gasteiger partial charge in [-0.2, -0.15) is 0 Å². The summed E-state index contributed by atoms with van der Waals surface area (Å²) < 4.78 is 5.79. The van der Waals surface area contributed by atoms with Gasteiger partial charge in [0.25, 0.3) is 11.8 Å². The SMILES string of the molecule is CC(C)N1CCCN(C(=O)c2cccc(COc3ccccc3C(N)=O)c2)CC1. The van der Waals surface area contributed by atoms with E-state index in [1.54, 1.807) is 24.3 Å². The maximum Gasteiger partial charge on any atom is 0.253 e. The smallest absolute Gasteiger partial charge is 0.253 e. The van der Waals surface area contributed by atoms with Crippen LogP contribution in [0.1, 0.15) is 46.5 Å². The highest BCUT2D eigenvalue weighted by Gasteiger charge is 2.21. The van der Waals surface area contributed by atoms with E-state index in [9.17, 15) is 9.59 Å². The van der Waals surface area contributed by atoms with Crippen molar-refractivity contribution >= 4 is 11.8 Å². The molecule has 2 aromatic carbocycles. The molecule has 1 aliphatic rings. The first-order chi connectivity index (χ1) is 14.0. The predicted molar refractivity (Wildman–Crippen MR) is 113 cm³/mol. The third kappa shape index (κ3) is 5.35. The van der Waals surface area contributed by atoms with Gasteiger partial charge in [-0.15, -0.1) is 0 Å². The summed E-state index contributed by atoms with van der Waals surface area (Å²) in [5.74, 6) is -0.0332. The minimum absolute atomic E-state index is 0.0509. The summed E-state index contributed by atoms with van der Waals surface area (Å²) in [5.41, 5.74) is 7.27. The molecule has 2 amide bonds. The number of ether oxygens (including phenoxy) is 1. The number of benzene rings is 2. The maximum absolute atomic E-state index is 13.0. The fourth-order valence-corrected chi connectivity index (χ4v) is 3.59. The minimum Gasteiger partial charge on any atom is -0.488 e. The van der Waals surface area contributed by atoms with E-state index in [1.807, 2.05) is 29.2 Å². The van der Waals surface area contributed by atoms with E-state index in [1.165, 1.54) is 0 Å². The molecular formula is C23H29N3O3. The van der Waals surface area contributed by atoms with Gasteiger partial charge in [0, 0.05) is 37.8 Å². The van der Waals surface area contributed by atoms with Gasteiger partial charge in [-0.3, -0.25) is 14.5 Å². The van der Waals surface area contributed by atoms with Crippen molar-refractivity contribution < 1.29 is 14.3 Å². The number of amides is 2. The zero-order chi connectivity index (χ0) is 20.8. The van der Waals surface area contributed by atoms with Crippen LogP contribution < -0.4 is 10.5 Å². The van der Waals surface area contributed by atoms with Gasteiger partial charge in [0.15, 0.2) is 0 Å². The van der Waals surface area contributed by atoms with Gasteiger partial charge in [-0.1, -0.05) is 24.3 Å². The van der Waals surface area contributed by atoms with Crippen LogP contribution in [0.5, 0.6) is 5.75 Å². The van der Waals surface area contributed by atoms with Gasteiger partial charge < -0.3 is 15.4 Å². The van der Waals surface area contributed by atoms with E-state index in [0.717, 1.165) is 38.2 Å². The van der Waals surface area contributed by atoms with Crippen LogP contribution in [-0.2, 0) is 6.61 Å². The molecule has 2 aromatic rings. The van der Waals surface area contributed by atoms with Crippen molar-refractivity contribution in [1.82, 2.24) is 9.80 Å².